The molecule has 1 aliphatic carbocycles. The first kappa shape index (κ1) is 22.4. The molecule has 2 rings (SSSR count). The van der Waals surface area contributed by atoms with Crippen molar-refractivity contribution in [3.8, 4) is 0 Å². The molecule has 1 saturated carbocycles. The van der Waals surface area contributed by atoms with Crippen molar-refractivity contribution in [3.63, 3.8) is 0 Å². The Morgan fingerprint density at radius 2 is 2.00 bits per heavy atom. The lowest BCUT2D eigenvalue weighted by Gasteiger charge is -2.32. The Hall–Kier alpha value is -0.610. The van der Waals surface area contributed by atoms with E-state index in [1.807, 2.05) is 14.1 Å². The summed E-state index contributed by atoms with van der Waals surface area (Å²) < 4.78 is 5.76. The largest absolute Gasteiger partial charge is 0.374 e. The Morgan fingerprint density at radius 1 is 1.32 bits per heavy atom. The monoisotopic (exact) mass is 467 g/mol. The molecule has 0 aromatic rings. The number of ether oxygens (including phenoxy) is 1. The molecule has 1 saturated heterocycles. The molecule has 2 N–H and O–H groups in total. The van der Waals surface area contributed by atoms with E-state index in [2.05, 4.69) is 27.6 Å². The Labute approximate surface area is 169 Å². The SMILES string of the molecule is CN=C(NCC1CN(C)CCO1)NCC1(C(=O)N(C)C)CCCC1.I. The summed E-state index contributed by atoms with van der Waals surface area (Å²) >= 11 is 0. The van der Waals surface area contributed by atoms with E-state index in [-0.39, 0.29) is 41.4 Å². The molecule has 25 heavy (non-hydrogen) atoms. The lowest BCUT2D eigenvalue weighted by atomic mass is 9.84. The number of guanidine groups is 1. The van der Waals surface area contributed by atoms with Gasteiger partial charge in [-0.05, 0) is 19.9 Å². The quantitative estimate of drug-likeness (QED) is 0.355. The summed E-state index contributed by atoms with van der Waals surface area (Å²) in [6, 6.07) is 0. The van der Waals surface area contributed by atoms with Crippen molar-refractivity contribution in [1.82, 2.24) is 20.4 Å². The Morgan fingerprint density at radius 3 is 2.56 bits per heavy atom. The van der Waals surface area contributed by atoms with Gasteiger partial charge in [-0.1, -0.05) is 12.8 Å². The minimum absolute atomic E-state index is 0. The van der Waals surface area contributed by atoms with Gasteiger partial charge in [0, 0.05) is 47.3 Å². The van der Waals surface area contributed by atoms with Crippen LogP contribution in [0.3, 0.4) is 0 Å². The lowest BCUT2D eigenvalue weighted by Crippen LogP contribution is -2.51. The molecule has 2 fully saturated rings. The topological polar surface area (TPSA) is 69.2 Å². The maximum Gasteiger partial charge on any atom is 0.230 e. The second-order valence-electron chi connectivity index (χ2n) is 7.25. The van der Waals surface area contributed by atoms with Crippen molar-refractivity contribution < 1.29 is 9.53 Å². The number of likely N-dealkylation sites (N-methyl/N-ethyl adjacent to an activating group) is 1. The van der Waals surface area contributed by atoms with Crippen LogP contribution in [0.4, 0.5) is 0 Å². The third-order valence-electron chi connectivity index (χ3n) is 5.08. The third kappa shape index (κ3) is 6.25. The summed E-state index contributed by atoms with van der Waals surface area (Å²) in [6.07, 6.45) is 4.31. The van der Waals surface area contributed by atoms with Crippen LogP contribution < -0.4 is 10.6 Å². The number of morpholine rings is 1. The van der Waals surface area contributed by atoms with Crippen LogP contribution in [0.25, 0.3) is 0 Å². The average Bonchev–Trinajstić information content (AvgIpc) is 3.04. The molecule has 1 aliphatic heterocycles. The van der Waals surface area contributed by atoms with Crippen LogP contribution in [0.2, 0.25) is 0 Å². The maximum absolute atomic E-state index is 12.6. The Bertz CT molecular complexity index is 452. The first-order valence-corrected chi connectivity index (χ1v) is 8.93. The fourth-order valence-electron chi connectivity index (χ4n) is 3.67. The van der Waals surface area contributed by atoms with E-state index in [0.29, 0.717) is 6.54 Å². The summed E-state index contributed by atoms with van der Waals surface area (Å²) in [5, 5.41) is 6.69. The highest BCUT2D eigenvalue weighted by Crippen LogP contribution is 2.38. The summed E-state index contributed by atoms with van der Waals surface area (Å²) in [5.74, 6) is 0.963. The Balaban J connectivity index is 0.00000312. The smallest absolute Gasteiger partial charge is 0.230 e. The normalized spacial score (nSPS) is 23.7. The van der Waals surface area contributed by atoms with Crippen LogP contribution in [-0.4, -0.2) is 88.7 Å². The van der Waals surface area contributed by atoms with Crippen LogP contribution in [0.15, 0.2) is 4.99 Å². The van der Waals surface area contributed by atoms with Gasteiger partial charge < -0.3 is 25.2 Å². The molecule has 1 heterocycles. The summed E-state index contributed by atoms with van der Waals surface area (Å²) in [6.45, 7) is 4.04. The van der Waals surface area contributed by atoms with E-state index in [9.17, 15) is 4.79 Å². The minimum Gasteiger partial charge on any atom is -0.374 e. The van der Waals surface area contributed by atoms with Gasteiger partial charge in [-0.2, -0.15) is 0 Å². The van der Waals surface area contributed by atoms with Gasteiger partial charge >= 0.3 is 0 Å². The first-order chi connectivity index (χ1) is 11.5. The summed E-state index contributed by atoms with van der Waals surface area (Å²) in [7, 11) is 7.55. The predicted molar refractivity (Wildman–Crippen MR) is 112 cm³/mol. The number of carbonyl (C=O) groups excluding carboxylic acids is 1. The van der Waals surface area contributed by atoms with Gasteiger partial charge in [0.2, 0.25) is 5.91 Å². The molecule has 146 valence electrons. The number of hydrogen-bond acceptors (Lipinski definition) is 4. The fourth-order valence-corrected chi connectivity index (χ4v) is 3.67. The standard InChI is InChI=1S/C17H33N5O2.HI/c1-18-16(19-11-14-12-22(4)9-10-24-14)20-13-17(7-5-6-8-17)15(23)21(2)3;/h14H,5-13H2,1-4H3,(H2,18,19,20);1H. The Kier molecular flexibility index (Phi) is 9.44. The van der Waals surface area contributed by atoms with Gasteiger partial charge in [0.1, 0.15) is 0 Å². The highest BCUT2D eigenvalue weighted by molar-refractivity contribution is 14.0. The number of carbonyl (C=O) groups is 1. The molecule has 0 spiro atoms. The van der Waals surface area contributed by atoms with E-state index < -0.39 is 0 Å². The van der Waals surface area contributed by atoms with Crippen LogP contribution in [0.1, 0.15) is 25.7 Å². The van der Waals surface area contributed by atoms with Crippen molar-refractivity contribution in [2.24, 2.45) is 10.4 Å². The van der Waals surface area contributed by atoms with E-state index in [1.54, 1.807) is 11.9 Å². The van der Waals surface area contributed by atoms with Crippen molar-refractivity contribution in [3.05, 3.63) is 0 Å². The number of amides is 1. The molecular formula is C17H34IN5O2. The molecule has 1 amide bonds. The molecule has 2 aliphatic rings. The molecule has 0 radical (unpaired) electrons. The van der Waals surface area contributed by atoms with Crippen molar-refractivity contribution in [1.29, 1.82) is 0 Å². The van der Waals surface area contributed by atoms with Crippen molar-refractivity contribution in [2.45, 2.75) is 31.8 Å². The average molecular weight is 467 g/mol. The molecule has 0 bridgehead atoms. The number of hydrogen-bond donors (Lipinski definition) is 2. The summed E-state index contributed by atoms with van der Waals surface area (Å²) in [4.78, 5) is 20.9. The van der Waals surface area contributed by atoms with Crippen LogP contribution in [-0.2, 0) is 9.53 Å². The van der Waals surface area contributed by atoms with Gasteiger partial charge in [-0.15, -0.1) is 24.0 Å². The number of aliphatic imine (C=N–C) groups is 1. The molecule has 1 unspecified atom stereocenters. The molecule has 1 atom stereocenters. The maximum atomic E-state index is 12.6. The predicted octanol–water partition coefficient (Wildman–Crippen LogP) is 0.749. The third-order valence-corrected chi connectivity index (χ3v) is 5.08. The van der Waals surface area contributed by atoms with E-state index in [0.717, 1.165) is 57.9 Å². The van der Waals surface area contributed by atoms with Crippen molar-refractivity contribution in [2.75, 3.05) is 61.0 Å². The zero-order valence-electron chi connectivity index (χ0n) is 16.0. The molecular weight excluding hydrogens is 433 g/mol. The van der Waals surface area contributed by atoms with E-state index in [4.69, 9.17) is 4.74 Å². The van der Waals surface area contributed by atoms with Gasteiger partial charge in [0.25, 0.3) is 0 Å². The number of halogens is 1. The van der Waals surface area contributed by atoms with Gasteiger partial charge in [-0.25, -0.2) is 0 Å². The van der Waals surface area contributed by atoms with Crippen LogP contribution in [0, 0.1) is 5.41 Å². The molecule has 7 nitrogen and oxygen atoms in total. The van der Waals surface area contributed by atoms with Crippen LogP contribution >= 0.6 is 24.0 Å². The number of nitrogens with one attached hydrogen (secondary N) is 2. The zero-order valence-corrected chi connectivity index (χ0v) is 18.3. The van der Waals surface area contributed by atoms with Gasteiger partial charge in [0.05, 0.1) is 18.1 Å². The number of nitrogens with zero attached hydrogens (tertiary/aromatic N) is 3. The lowest BCUT2D eigenvalue weighted by molar-refractivity contribution is -0.138. The van der Waals surface area contributed by atoms with E-state index >= 15 is 0 Å². The minimum atomic E-state index is -0.289. The highest BCUT2D eigenvalue weighted by Gasteiger charge is 2.42. The summed E-state index contributed by atoms with van der Waals surface area (Å²) in [5.41, 5.74) is -0.289. The van der Waals surface area contributed by atoms with Gasteiger partial charge in [0.15, 0.2) is 5.96 Å². The second-order valence-corrected chi connectivity index (χ2v) is 7.25. The molecule has 0 aromatic heterocycles. The molecule has 8 heteroatoms. The number of rotatable bonds is 5. The second kappa shape index (κ2) is 10.5. The zero-order chi connectivity index (χ0) is 17.6. The van der Waals surface area contributed by atoms with Gasteiger partial charge in [-0.3, -0.25) is 9.79 Å². The fraction of sp³-hybridized carbons (Fsp3) is 0.882. The van der Waals surface area contributed by atoms with Crippen LogP contribution in [0.5, 0.6) is 0 Å². The first-order valence-electron chi connectivity index (χ1n) is 8.93. The van der Waals surface area contributed by atoms with Crippen molar-refractivity contribution >= 4 is 35.8 Å². The van der Waals surface area contributed by atoms with E-state index in [1.165, 1.54) is 0 Å². The highest BCUT2D eigenvalue weighted by atomic mass is 127. The molecule has 0 aromatic carbocycles.